The van der Waals surface area contributed by atoms with Crippen LogP contribution in [0.1, 0.15) is 16.7 Å². The van der Waals surface area contributed by atoms with E-state index < -0.39 is 0 Å². The summed E-state index contributed by atoms with van der Waals surface area (Å²) in [7, 11) is 0. The summed E-state index contributed by atoms with van der Waals surface area (Å²) in [5.74, 6) is 0. The summed E-state index contributed by atoms with van der Waals surface area (Å²) in [4.78, 5) is 7.09. The number of benzene rings is 2. The number of rotatable bonds is 1. The average Bonchev–Trinajstić information content (AvgIpc) is 2.81. The Labute approximate surface area is 124 Å². The Morgan fingerprint density at radius 3 is 2.76 bits per heavy atom. The lowest BCUT2D eigenvalue weighted by Gasteiger charge is -2.20. The number of nitrogens with two attached hydrogens (primary N) is 2. The molecule has 0 aromatic heterocycles. The fourth-order valence-electron chi connectivity index (χ4n) is 3.34. The van der Waals surface area contributed by atoms with Crippen molar-refractivity contribution in [3.63, 3.8) is 0 Å². The van der Waals surface area contributed by atoms with Crippen LogP contribution in [-0.4, -0.2) is 25.0 Å². The van der Waals surface area contributed by atoms with E-state index in [0.29, 0.717) is 0 Å². The zero-order valence-electron chi connectivity index (χ0n) is 11.8. The minimum atomic E-state index is -0.209. The predicted octanol–water partition coefficient (Wildman–Crippen LogP) is 1.77. The summed E-state index contributed by atoms with van der Waals surface area (Å²) in [6.07, 6.45) is 0.821. The third-order valence-corrected chi connectivity index (χ3v) is 4.18. The van der Waals surface area contributed by atoms with E-state index in [0.717, 1.165) is 42.0 Å². The third kappa shape index (κ3) is 1.99. The van der Waals surface area contributed by atoms with Gasteiger partial charge in [-0.2, -0.15) is 0 Å². The van der Waals surface area contributed by atoms with Crippen molar-refractivity contribution in [2.45, 2.75) is 12.6 Å². The molecule has 4 N–H and O–H groups in total. The molecule has 0 fully saturated rings. The zero-order chi connectivity index (χ0) is 14.4. The molecule has 0 bridgehead atoms. The van der Waals surface area contributed by atoms with E-state index in [9.17, 15) is 0 Å². The lowest BCUT2D eigenvalue weighted by Crippen LogP contribution is -2.34. The molecule has 4 nitrogen and oxygen atoms in total. The van der Waals surface area contributed by atoms with Crippen LogP contribution in [0.5, 0.6) is 0 Å². The van der Waals surface area contributed by atoms with Crippen LogP contribution in [0.4, 0.5) is 11.4 Å². The maximum Gasteiger partial charge on any atom is 0.115 e. The Bertz CT molecular complexity index is 721. The van der Waals surface area contributed by atoms with Gasteiger partial charge in [-0.15, -0.1) is 0 Å². The van der Waals surface area contributed by atoms with Crippen LogP contribution in [0, 0.1) is 0 Å². The van der Waals surface area contributed by atoms with Gasteiger partial charge < -0.3 is 16.4 Å². The van der Waals surface area contributed by atoms with Crippen LogP contribution < -0.4 is 16.4 Å². The first-order valence-corrected chi connectivity index (χ1v) is 7.29. The van der Waals surface area contributed by atoms with Crippen molar-refractivity contribution in [1.82, 2.24) is 0 Å². The highest BCUT2D eigenvalue weighted by molar-refractivity contribution is 6.17. The molecule has 2 aromatic carbocycles. The Kier molecular flexibility index (Phi) is 2.72. The molecule has 0 spiro atoms. The predicted molar refractivity (Wildman–Crippen MR) is 86.8 cm³/mol. The molecule has 2 aliphatic heterocycles. The van der Waals surface area contributed by atoms with Crippen molar-refractivity contribution in [1.29, 1.82) is 0 Å². The first-order valence-electron chi connectivity index (χ1n) is 7.29. The number of hydrogen-bond acceptors (Lipinski definition) is 4. The standard InChI is InChI=1S/C17H18N4/c18-13-8-12-6-7-21-10-15(19)20-16(14(9-13)17(12)21)11-4-2-1-3-5-11/h1-5,8-9,15H,6-7,10,18-19H2/t15-/m1/s1. The number of anilines is 2. The van der Waals surface area contributed by atoms with E-state index in [1.54, 1.807) is 0 Å². The first-order chi connectivity index (χ1) is 10.2. The maximum absolute atomic E-state index is 6.21. The molecule has 2 aromatic rings. The normalized spacial score (nSPS) is 20.0. The van der Waals surface area contributed by atoms with E-state index >= 15 is 0 Å². The number of nitrogen functional groups attached to an aromatic ring is 1. The van der Waals surface area contributed by atoms with Gasteiger partial charge in [0.1, 0.15) is 6.17 Å². The molecule has 2 heterocycles. The molecular weight excluding hydrogens is 260 g/mol. The molecule has 21 heavy (non-hydrogen) atoms. The fraction of sp³-hybridized carbons (Fsp3) is 0.235. The number of aliphatic imine (C=N–C) groups is 1. The minimum absolute atomic E-state index is 0.209. The SMILES string of the molecule is Nc1cc2c3c(c1)C(c1ccccc1)=N[C@@H](N)CN3CC2. The topological polar surface area (TPSA) is 67.6 Å². The Morgan fingerprint density at radius 2 is 1.95 bits per heavy atom. The lowest BCUT2D eigenvalue weighted by atomic mass is 9.97. The van der Waals surface area contributed by atoms with Gasteiger partial charge in [0.2, 0.25) is 0 Å². The second-order valence-corrected chi connectivity index (χ2v) is 5.68. The summed E-state index contributed by atoms with van der Waals surface area (Å²) in [5, 5.41) is 0. The molecule has 0 amide bonds. The van der Waals surface area contributed by atoms with Gasteiger partial charge in [-0.05, 0) is 24.1 Å². The van der Waals surface area contributed by atoms with Gasteiger partial charge in [0.05, 0.1) is 12.3 Å². The van der Waals surface area contributed by atoms with Gasteiger partial charge in [-0.3, -0.25) is 4.99 Å². The molecular formula is C17H18N4. The smallest absolute Gasteiger partial charge is 0.115 e. The second-order valence-electron chi connectivity index (χ2n) is 5.68. The maximum atomic E-state index is 6.21. The third-order valence-electron chi connectivity index (χ3n) is 4.18. The quantitative estimate of drug-likeness (QED) is 0.781. The van der Waals surface area contributed by atoms with Crippen molar-refractivity contribution >= 4 is 17.1 Å². The summed E-state index contributed by atoms with van der Waals surface area (Å²) in [6.45, 7) is 1.76. The Morgan fingerprint density at radius 1 is 1.14 bits per heavy atom. The van der Waals surface area contributed by atoms with Crippen molar-refractivity contribution in [2.24, 2.45) is 10.7 Å². The molecule has 0 radical (unpaired) electrons. The van der Waals surface area contributed by atoms with Crippen LogP contribution in [0.2, 0.25) is 0 Å². The number of nitrogens with zero attached hydrogens (tertiary/aromatic N) is 2. The van der Waals surface area contributed by atoms with E-state index in [-0.39, 0.29) is 6.17 Å². The van der Waals surface area contributed by atoms with E-state index in [1.807, 2.05) is 24.3 Å². The summed E-state index contributed by atoms with van der Waals surface area (Å²) < 4.78 is 0. The van der Waals surface area contributed by atoms with Crippen molar-refractivity contribution in [3.8, 4) is 0 Å². The minimum Gasteiger partial charge on any atom is -0.399 e. The number of hydrogen-bond donors (Lipinski definition) is 2. The van der Waals surface area contributed by atoms with Gasteiger partial charge in [0.15, 0.2) is 0 Å². The van der Waals surface area contributed by atoms with Gasteiger partial charge in [-0.25, -0.2) is 0 Å². The van der Waals surface area contributed by atoms with Crippen LogP contribution in [-0.2, 0) is 6.42 Å². The summed E-state index contributed by atoms with van der Waals surface area (Å²) in [6, 6.07) is 14.3. The highest BCUT2D eigenvalue weighted by Gasteiger charge is 2.29. The molecule has 4 rings (SSSR count). The van der Waals surface area contributed by atoms with Crippen LogP contribution in [0.25, 0.3) is 0 Å². The van der Waals surface area contributed by atoms with E-state index in [1.165, 1.54) is 11.3 Å². The van der Waals surface area contributed by atoms with Crippen molar-refractivity contribution < 1.29 is 0 Å². The molecule has 2 aliphatic rings. The highest BCUT2D eigenvalue weighted by atomic mass is 15.2. The largest absolute Gasteiger partial charge is 0.399 e. The van der Waals surface area contributed by atoms with Crippen LogP contribution >= 0.6 is 0 Å². The molecule has 0 saturated heterocycles. The monoisotopic (exact) mass is 278 g/mol. The molecule has 106 valence electrons. The molecule has 0 unspecified atom stereocenters. The lowest BCUT2D eigenvalue weighted by molar-refractivity contribution is 0.676. The van der Waals surface area contributed by atoms with E-state index in [2.05, 4.69) is 23.1 Å². The van der Waals surface area contributed by atoms with Gasteiger partial charge in [-0.1, -0.05) is 30.3 Å². The van der Waals surface area contributed by atoms with Crippen molar-refractivity contribution in [2.75, 3.05) is 23.7 Å². The molecule has 4 heteroatoms. The zero-order valence-corrected chi connectivity index (χ0v) is 11.8. The summed E-state index contributed by atoms with van der Waals surface area (Å²) in [5.41, 5.74) is 18.8. The van der Waals surface area contributed by atoms with Gasteiger partial charge in [0, 0.05) is 29.0 Å². The molecule has 1 atom stereocenters. The summed E-state index contributed by atoms with van der Waals surface area (Å²) >= 11 is 0. The highest BCUT2D eigenvalue weighted by Crippen LogP contribution is 2.37. The second kappa shape index (κ2) is 4.60. The van der Waals surface area contributed by atoms with E-state index in [4.69, 9.17) is 16.5 Å². The Balaban J connectivity index is 1.97. The van der Waals surface area contributed by atoms with Crippen molar-refractivity contribution in [3.05, 3.63) is 59.2 Å². The van der Waals surface area contributed by atoms with Gasteiger partial charge >= 0.3 is 0 Å². The van der Waals surface area contributed by atoms with Crippen LogP contribution in [0.3, 0.4) is 0 Å². The Hall–Kier alpha value is -2.33. The van der Waals surface area contributed by atoms with Crippen LogP contribution in [0.15, 0.2) is 47.5 Å². The fourth-order valence-corrected chi connectivity index (χ4v) is 3.34. The molecule has 0 saturated carbocycles. The average molecular weight is 278 g/mol. The van der Waals surface area contributed by atoms with Gasteiger partial charge in [0.25, 0.3) is 0 Å². The first kappa shape index (κ1) is 12.4. The molecule has 0 aliphatic carbocycles.